The molecule has 2 aliphatic heterocycles. The van der Waals surface area contributed by atoms with Gasteiger partial charge in [0.15, 0.2) is 0 Å². The van der Waals surface area contributed by atoms with E-state index in [-0.39, 0.29) is 16.4 Å². The van der Waals surface area contributed by atoms with Crippen molar-refractivity contribution in [3.63, 3.8) is 0 Å². The lowest BCUT2D eigenvalue weighted by molar-refractivity contribution is 0.398. The predicted molar refractivity (Wildman–Crippen MR) is 91.4 cm³/mol. The summed E-state index contributed by atoms with van der Waals surface area (Å²) in [4.78, 5) is 0.0326. The van der Waals surface area contributed by atoms with E-state index in [0.29, 0.717) is 31.7 Å². The molecular formula is C15H22N2O5S2. The summed E-state index contributed by atoms with van der Waals surface area (Å²) in [6, 6.07) is 4.56. The molecule has 134 valence electrons. The molecule has 9 heteroatoms. The minimum atomic E-state index is -3.69. The Morgan fingerprint density at radius 3 is 2.33 bits per heavy atom. The molecule has 0 bridgehead atoms. The minimum absolute atomic E-state index is 0.0326. The topological polar surface area (TPSA) is 84.0 Å². The molecule has 7 nitrogen and oxygen atoms in total. The lowest BCUT2D eigenvalue weighted by Crippen LogP contribution is -2.38. The van der Waals surface area contributed by atoms with Crippen LogP contribution in [0.3, 0.4) is 0 Å². The lowest BCUT2D eigenvalue weighted by Gasteiger charge is -2.29. The molecule has 3 rings (SSSR count). The van der Waals surface area contributed by atoms with E-state index in [0.717, 1.165) is 19.3 Å². The van der Waals surface area contributed by atoms with Gasteiger partial charge < -0.3 is 4.74 Å². The number of methoxy groups -OCH3 is 1. The van der Waals surface area contributed by atoms with Gasteiger partial charge in [-0.05, 0) is 43.9 Å². The minimum Gasteiger partial charge on any atom is -0.495 e. The molecule has 0 spiro atoms. The van der Waals surface area contributed by atoms with Crippen molar-refractivity contribution in [3.05, 3.63) is 18.2 Å². The van der Waals surface area contributed by atoms with E-state index in [1.165, 1.54) is 27.9 Å². The summed E-state index contributed by atoms with van der Waals surface area (Å²) in [5.74, 6) is 0.327. The van der Waals surface area contributed by atoms with E-state index < -0.39 is 20.0 Å². The van der Waals surface area contributed by atoms with Crippen LogP contribution in [0.4, 0.5) is 5.69 Å². The first-order chi connectivity index (χ1) is 11.4. The largest absolute Gasteiger partial charge is 0.495 e. The molecule has 0 saturated carbocycles. The highest BCUT2D eigenvalue weighted by atomic mass is 32.2. The van der Waals surface area contributed by atoms with Crippen LogP contribution in [0.15, 0.2) is 23.1 Å². The zero-order valence-corrected chi connectivity index (χ0v) is 15.3. The molecule has 0 amide bonds. The normalized spacial score (nSPS) is 21.8. The molecule has 0 unspecified atom stereocenters. The molecule has 1 aromatic rings. The number of nitrogens with zero attached hydrogens (tertiary/aromatic N) is 2. The van der Waals surface area contributed by atoms with E-state index in [2.05, 4.69) is 0 Å². The second kappa shape index (κ2) is 6.53. The summed E-state index contributed by atoms with van der Waals surface area (Å²) in [5.41, 5.74) is 0.383. The average Bonchev–Trinajstić information content (AvgIpc) is 3.09. The van der Waals surface area contributed by atoms with Crippen molar-refractivity contribution in [1.82, 2.24) is 4.31 Å². The fourth-order valence-corrected chi connectivity index (χ4v) is 6.49. The van der Waals surface area contributed by atoms with E-state index in [1.54, 1.807) is 6.07 Å². The summed E-state index contributed by atoms with van der Waals surface area (Å²) in [6.07, 6.45) is 3.07. The number of hydrogen-bond acceptors (Lipinski definition) is 5. The highest BCUT2D eigenvalue weighted by Crippen LogP contribution is 2.34. The summed E-state index contributed by atoms with van der Waals surface area (Å²) in [6.45, 7) is 1.34. The molecule has 2 saturated heterocycles. The first kappa shape index (κ1) is 17.5. The Kier molecular flexibility index (Phi) is 4.76. The fraction of sp³-hybridized carbons (Fsp3) is 0.600. The van der Waals surface area contributed by atoms with Crippen molar-refractivity contribution in [2.24, 2.45) is 0 Å². The number of anilines is 1. The molecule has 0 atom stereocenters. The standard InChI is InChI=1S/C15H22N2O5S2/c1-22-14-7-6-13(17-10-4-5-11-23(17,18)19)12-15(14)24(20,21)16-8-2-3-9-16/h6-7,12H,2-5,8-11H2,1H3. The van der Waals surface area contributed by atoms with Gasteiger partial charge >= 0.3 is 0 Å². The zero-order chi connectivity index (χ0) is 17.4. The van der Waals surface area contributed by atoms with Crippen molar-refractivity contribution < 1.29 is 21.6 Å². The maximum Gasteiger partial charge on any atom is 0.246 e. The molecule has 0 aliphatic carbocycles. The fourth-order valence-electron chi connectivity index (χ4n) is 3.17. The number of hydrogen-bond donors (Lipinski definition) is 0. The van der Waals surface area contributed by atoms with Gasteiger partial charge in [-0.1, -0.05) is 0 Å². The summed E-state index contributed by atoms with van der Waals surface area (Å²) in [5, 5.41) is 0. The van der Waals surface area contributed by atoms with E-state index in [4.69, 9.17) is 4.74 Å². The van der Waals surface area contributed by atoms with Crippen LogP contribution in [0.1, 0.15) is 25.7 Å². The smallest absolute Gasteiger partial charge is 0.246 e. The van der Waals surface area contributed by atoms with Crippen molar-refractivity contribution in [3.8, 4) is 5.75 Å². The summed E-state index contributed by atoms with van der Waals surface area (Å²) >= 11 is 0. The van der Waals surface area contributed by atoms with Gasteiger partial charge in [-0.2, -0.15) is 4.31 Å². The first-order valence-corrected chi connectivity index (χ1v) is 11.1. The van der Waals surface area contributed by atoms with Gasteiger partial charge in [0.25, 0.3) is 0 Å². The quantitative estimate of drug-likeness (QED) is 0.796. The third-order valence-corrected chi connectivity index (χ3v) is 8.26. The predicted octanol–water partition coefficient (Wildman–Crippen LogP) is 1.41. The van der Waals surface area contributed by atoms with Crippen LogP contribution in [-0.4, -0.2) is 53.6 Å². The number of ether oxygens (including phenoxy) is 1. The third-order valence-electron chi connectivity index (χ3n) is 4.47. The molecule has 2 heterocycles. The van der Waals surface area contributed by atoms with Gasteiger partial charge in [0.2, 0.25) is 20.0 Å². The molecule has 24 heavy (non-hydrogen) atoms. The monoisotopic (exact) mass is 374 g/mol. The number of benzene rings is 1. The van der Waals surface area contributed by atoms with Crippen LogP contribution in [0.2, 0.25) is 0 Å². The van der Waals surface area contributed by atoms with Crippen LogP contribution < -0.4 is 9.04 Å². The number of rotatable bonds is 4. The van der Waals surface area contributed by atoms with Gasteiger partial charge in [0.05, 0.1) is 18.6 Å². The van der Waals surface area contributed by atoms with Crippen molar-refractivity contribution in [2.45, 2.75) is 30.6 Å². The zero-order valence-electron chi connectivity index (χ0n) is 13.6. The average molecular weight is 374 g/mol. The molecule has 2 fully saturated rings. The maximum absolute atomic E-state index is 12.9. The Morgan fingerprint density at radius 1 is 1.04 bits per heavy atom. The van der Waals surface area contributed by atoms with Crippen molar-refractivity contribution >= 4 is 25.7 Å². The van der Waals surface area contributed by atoms with Crippen LogP contribution in [0.5, 0.6) is 5.75 Å². The molecule has 2 aliphatic rings. The van der Waals surface area contributed by atoms with Gasteiger partial charge in [-0.25, -0.2) is 16.8 Å². The first-order valence-electron chi connectivity index (χ1n) is 8.05. The van der Waals surface area contributed by atoms with Gasteiger partial charge in [0.1, 0.15) is 10.6 Å². The van der Waals surface area contributed by atoms with Crippen LogP contribution in [0, 0.1) is 0 Å². The van der Waals surface area contributed by atoms with Gasteiger partial charge in [-0.15, -0.1) is 0 Å². The Labute approximate surface area is 143 Å². The van der Waals surface area contributed by atoms with Crippen LogP contribution in [0.25, 0.3) is 0 Å². The van der Waals surface area contributed by atoms with Crippen molar-refractivity contribution in [1.29, 1.82) is 0 Å². The van der Waals surface area contributed by atoms with Gasteiger partial charge in [0, 0.05) is 19.6 Å². The van der Waals surface area contributed by atoms with Gasteiger partial charge in [-0.3, -0.25) is 4.31 Å². The summed E-state index contributed by atoms with van der Waals surface area (Å²) < 4.78 is 58.3. The highest BCUT2D eigenvalue weighted by molar-refractivity contribution is 7.92. The molecular weight excluding hydrogens is 352 g/mol. The summed E-state index contributed by atoms with van der Waals surface area (Å²) in [7, 11) is -5.67. The van der Waals surface area contributed by atoms with Crippen molar-refractivity contribution in [2.75, 3.05) is 36.8 Å². The van der Waals surface area contributed by atoms with E-state index in [9.17, 15) is 16.8 Å². The Morgan fingerprint density at radius 2 is 1.71 bits per heavy atom. The second-order valence-corrected chi connectivity index (χ2v) is 9.96. The maximum atomic E-state index is 12.9. The Bertz CT molecular complexity index is 814. The molecule has 0 N–H and O–H groups in total. The molecule has 0 radical (unpaired) electrons. The van der Waals surface area contributed by atoms with E-state index >= 15 is 0 Å². The highest BCUT2D eigenvalue weighted by Gasteiger charge is 2.32. The Hall–Kier alpha value is -1.32. The number of sulfonamides is 2. The second-order valence-electron chi connectivity index (χ2n) is 6.04. The van der Waals surface area contributed by atoms with Crippen LogP contribution in [-0.2, 0) is 20.0 Å². The molecule has 1 aromatic carbocycles. The lowest BCUT2D eigenvalue weighted by atomic mass is 10.2. The van der Waals surface area contributed by atoms with Crippen LogP contribution >= 0.6 is 0 Å². The SMILES string of the molecule is COc1ccc(N2CCCCS2(=O)=O)cc1S(=O)(=O)N1CCCC1. The third kappa shape index (κ3) is 3.12. The Balaban J connectivity index is 2.06. The van der Waals surface area contributed by atoms with E-state index in [1.807, 2.05) is 0 Å². The molecule has 0 aromatic heterocycles.